The van der Waals surface area contributed by atoms with Crippen molar-refractivity contribution in [1.82, 2.24) is 10.1 Å². The van der Waals surface area contributed by atoms with E-state index in [1.807, 2.05) is 11.8 Å². The number of aromatic nitrogens is 2. The molecule has 0 aliphatic carbocycles. The molecule has 1 aromatic rings. The Morgan fingerprint density at radius 2 is 2.46 bits per heavy atom. The van der Waals surface area contributed by atoms with E-state index in [1.165, 1.54) is 25.0 Å². The van der Waals surface area contributed by atoms with E-state index in [9.17, 15) is 0 Å². The molecule has 4 heteroatoms. The fraction of sp³-hybridized carbons (Fsp3) is 0.556. The van der Waals surface area contributed by atoms with E-state index in [0.717, 1.165) is 5.82 Å². The zero-order valence-electron chi connectivity index (χ0n) is 7.40. The maximum atomic E-state index is 4.97. The molecular weight excluding hydrogens is 184 g/mol. The lowest BCUT2D eigenvalue weighted by Crippen LogP contribution is -2.03. The van der Waals surface area contributed by atoms with Crippen molar-refractivity contribution in [2.45, 2.75) is 24.5 Å². The van der Waals surface area contributed by atoms with Crippen molar-refractivity contribution in [3.8, 4) is 0 Å². The molecule has 1 saturated heterocycles. The van der Waals surface area contributed by atoms with E-state index >= 15 is 0 Å². The predicted octanol–water partition coefficient (Wildman–Crippen LogP) is 2.67. The Morgan fingerprint density at radius 1 is 1.54 bits per heavy atom. The first-order valence-electron chi connectivity index (χ1n) is 4.48. The van der Waals surface area contributed by atoms with E-state index in [-0.39, 0.29) is 0 Å². The van der Waals surface area contributed by atoms with Crippen LogP contribution in [0.2, 0.25) is 0 Å². The van der Waals surface area contributed by atoms with Gasteiger partial charge >= 0.3 is 0 Å². The molecule has 0 bridgehead atoms. The molecule has 0 N–H and O–H groups in total. The van der Waals surface area contributed by atoms with Crippen molar-refractivity contribution in [3.05, 3.63) is 18.3 Å². The highest BCUT2D eigenvalue weighted by atomic mass is 32.2. The Morgan fingerprint density at radius 3 is 3.08 bits per heavy atom. The second-order valence-electron chi connectivity index (χ2n) is 3.05. The third-order valence-electron chi connectivity index (χ3n) is 2.10. The molecular formula is C9H12N2OS. The minimum absolute atomic E-state index is 0.436. The third kappa shape index (κ3) is 1.94. The summed E-state index contributed by atoms with van der Waals surface area (Å²) in [7, 11) is 0. The average molecular weight is 196 g/mol. The van der Waals surface area contributed by atoms with E-state index < -0.39 is 0 Å². The highest BCUT2D eigenvalue weighted by Crippen LogP contribution is 2.36. The number of nitrogens with zero attached hydrogens (tertiary/aromatic N) is 2. The third-order valence-corrected chi connectivity index (χ3v) is 3.47. The summed E-state index contributed by atoms with van der Waals surface area (Å²) in [6, 6.07) is 0. The van der Waals surface area contributed by atoms with Gasteiger partial charge in [-0.15, -0.1) is 0 Å². The van der Waals surface area contributed by atoms with Crippen LogP contribution in [0.3, 0.4) is 0 Å². The molecule has 0 saturated carbocycles. The zero-order valence-corrected chi connectivity index (χ0v) is 8.22. The summed E-state index contributed by atoms with van der Waals surface area (Å²) in [6.45, 7) is 3.59. The quantitative estimate of drug-likeness (QED) is 0.729. The average Bonchev–Trinajstić information content (AvgIpc) is 2.67. The fourth-order valence-electron chi connectivity index (χ4n) is 1.41. The SMILES string of the molecule is C=Cc1nc(C2CCCCS2)no1. The molecule has 0 aromatic carbocycles. The van der Waals surface area contributed by atoms with Gasteiger partial charge in [-0.1, -0.05) is 18.2 Å². The minimum atomic E-state index is 0.436. The summed E-state index contributed by atoms with van der Waals surface area (Å²) in [5, 5.41) is 4.37. The maximum absolute atomic E-state index is 4.97. The lowest BCUT2D eigenvalue weighted by molar-refractivity contribution is 0.401. The molecule has 70 valence electrons. The molecule has 3 nitrogen and oxygen atoms in total. The van der Waals surface area contributed by atoms with Gasteiger partial charge in [0.2, 0.25) is 5.89 Å². The van der Waals surface area contributed by atoms with Crippen molar-refractivity contribution in [2.24, 2.45) is 0 Å². The van der Waals surface area contributed by atoms with Crippen LogP contribution in [0, 0.1) is 0 Å². The van der Waals surface area contributed by atoms with Crippen molar-refractivity contribution in [1.29, 1.82) is 0 Å². The number of rotatable bonds is 2. The van der Waals surface area contributed by atoms with Crippen LogP contribution >= 0.6 is 11.8 Å². The zero-order chi connectivity index (χ0) is 9.10. The molecule has 0 spiro atoms. The van der Waals surface area contributed by atoms with Gasteiger partial charge < -0.3 is 4.52 Å². The van der Waals surface area contributed by atoms with Gasteiger partial charge in [0.1, 0.15) is 0 Å². The lowest BCUT2D eigenvalue weighted by Gasteiger charge is -2.17. The summed E-state index contributed by atoms with van der Waals surface area (Å²) in [5.41, 5.74) is 0. The van der Waals surface area contributed by atoms with Gasteiger partial charge in [0.15, 0.2) is 5.82 Å². The van der Waals surface area contributed by atoms with Crippen molar-refractivity contribution >= 4 is 17.8 Å². The van der Waals surface area contributed by atoms with Gasteiger partial charge in [0.05, 0.1) is 5.25 Å². The van der Waals surface area contributed by atoms with Crippen LogP contribution in [0.15, 0.2) is 11.1 Å². The van der Waals surface area contributed by atoms with Crippen LogP contribution in [0.1, 0.15) is 36.2 Å². The Kier molecular flexibility index (Phi) is 2.68. The Labute approximate surface area is 81.6 Å². The number of thioether (sulfide) groups is 1. The largest absolute Gasteiger partial charge is 0.335 e. The standard InChI is InChI=1S/C9H12N2OS/c1-2-8-10-9(11-12-8)7-5-3-4-6-13-7/h2,7H,1,3-6H2. The smallest absolute Gasteiger partial charge is 0.250 e. The Hall–Kier alpha value is -0.770. The molecule has 0 radical (unpaired) electrons. The summed E-state index contributed by atoms with van der Waals surface area (Å²) in [5.74, 6) is 2.57. The van der Waals surface area contributed by atoms with Crippen LogP contribution in [0.4, 0.5) is 0 Å². The first kappa shape index (κ1) is 8.81. The molecule has 1 aliphatic rings. The molecule has 2 heterocycles. The van der Waals surface area contributed by atoms with E-state index in [2.05, 4.69) is 16.7 Å². The first-order valence-corrected chi connectivity index (χ1v) is 5.52. The van der Waals surface area contributed by atoms with E-state index in [4.69, 9.17) is 4.52 Å². The van der Waals surface area contributed by atoms with Crippen molar-refractivity contribution in [3.63, 3.8) is 0 Å². The maximum Gasteiger partial charge on any atom is 0.250 e. The number of hydrogen-bond acceptors (Lipinski definition) is 4. The molecule has 0 amide bonds. The van der Waals surface area contributed by atoms with Gasteiger partial charge in [-0.3, -0.25) is 0 Å². The molecule has 2 rings (SSSR count). The van der Waals surface area contributed by atoms with E-state index in [0.29, 0.717) is 11.1 Å². The highest BCUT2D eigenvalue weighted by Gasteiger charge is 2.20. The van der Waals surface area contributed by atoms with Gasteiger partial charge in [-0.25, -0.2) is 0 Å². The lowest BCUT2D eigenvalue weighted by atomic mass is 10.2. The van der Waals surface area contributed by atoms with Crippen molar-refractivity contribution < 1.29 is 4.52 Å². The molecule has 13 heavy (non-hydrogen) atoms. The number of hydrogen-bond donors (Lipinski definition) is 0. The summed E-state index contributed by atoms with van der Waals surface area (Å²) in [4.78, 5) is 4.24. The Balaban J connectivity index is 2.09. The highest BCUT2D eigenvalue weighted by molar-refractivity contribution is 7.99. The monoisotopic (exact) mass is 196 g/mol. The summed E-state index contributed by atoms with van der Waals surface area (Å²) >= 11 is 1.92. The molecule has 1 aromatic heterocycles. The molecule has 1 atom stereocenters. The minimum Gasteiger partial charge on any atom is -0.335 e. The van der Waals surface area contributed by atoms with Gasteiger partial charge in [-0.05, 0) is 24.7 Å². The van der Waals surface area contributed by atoms with Gasteiger partial charge in [0, 0.05) is 0 Å². The molecule has 1 aliphatic heterocycles. The molecule has 1 unspecified atom stereocenters. The summed E-state index contributed by atoms with van der Waals surface area (Å²) in [6.07, 6.45) is 5.34. The van der Waals surface area contributed by atoms with Crippen LogP contribution in [-0.2, 0) is 0 Å². The Bertz CT molecular complexity index is 292. The summed E-state index contributed by atoms with van der Waals surface area (Å²) < 4.78 is 4.97. The first-order chi connectivity index (χ1) is 6.40. The van der Waals surface area contributed by atoms with Crippen LogP contribution in [0.5, 0.6) is 0 Å². The second-order valence-corrected chi connectivity index (χ2v) is 4.36. The van der Waals surface area contributed by atoms with Crippen LogP contribution in [-0.4, -0.2) is 15.9 Å². The fourth-order valence-corrected chi connectivity index (χ4v) is 2.64. The predicted molar refractivity (Wildman–Crippen MR) is 53.4 cm³/mol. The normalized spacial score (nSPS) is 22.9. The second kappa shape index (κ2) is 3.96. The van der Waals surface area contributed by atoms with Gasteiger partial charge in [0.25, 0.3) is 0 Å². The van der Waals surface area contributed by atoms with Crippen molar-refractivity contribution in [2.75, 3.05) is 5.75 Å². The molecule has 1 fully saturated rings. The van der Waals surface area contributed by atoms with E-state index in [1.54, 1.807) is 6.08 Å². The van der Waals surface area contributed by atoms with Crippen LogP contribution in [0.25, 0.3) is 6.08 Å². The van der Waals surface area contributed by atoms with Crippen LogP contribution < -0.4 is 0 Å². The van der Waals surface area contributed by atoms with Gasteiger partial charge in [-0.2, -0.15) is 16.7 Å². The topological polar surface area (TPSA) is 38.9 Å².